The molecule has 0 amide bonds. The fourth-order valence-electron chi connectivity index (χ4n) is 5.04. The summed E-state index contributed by atoms with van der Waals surface area (Å²) in [5, 5.41) is 0. The molecule has 0 nitrogen and oxygen atoms in total. The molecule has 0 radical (unpaired) electrons. The van der Waals surface area contributed by atoms with Gasteiger partial charge in [0.05, 0.1) is 5.56 Å². The summed E-state index contributed by atoms with van der Waals surface area (Å²) in [5.41, 5.74) is 6.47. The highest BCUT2D eigenvalue weighted by molar-refractivity contribution is 5.46. The van der Waals surface area contributed by atoms with E-state index in [4.69, 9.17) is 0 Å². The summed E-state index contributed by atoms with van der Waals surface area (Å²) in [6, 6.07) is 10.4. The first-order valence-corrected chi connectivity index (χ1v) is 10.9. The second kappa shape index (κ2) is 8.38. The van der Waals surface area contributed by atoms with Gasteiger partial charge in [0, 0.05) is 0 Å². The first kappa shape index (κ1) is 20.3. The third-order valence-electron chi connectivity index (χ3n) is 6.65. The molecule has 0 heterocycles. The van der Waals surface area contributed by atoms with Crippen molar-refractivity contribution in [3.8, 4) is 0 Å². The minimum absolute atomic E-state index is 0.316. The van der Waals surface area contributed by atoms with Gasteiger partial charge in [0.1, 0.15) is 0 Å². The molecule has 0 saturated heterocycles. The molecule has 29 heavy (non-hydrogen) atoms. The zero-order valence-electron chi connectivity index (χ0n) is 17.1. The molecule has 2 aromatic rings. The summed E-state index contributed by atoms with van der Waals surface area (Å²) in [6.07, 6.45) is 9.38. The number of hydrogen-bond donors (Lipinski definition) is 0. The number of benzene rings is 2. The van der Waals surface area contributed by atoms with Crippen LogP contribution >= 0.6 is 0 Å². The molecule has 0 N–H and O–H groups in total. The molecule has 4 rings (SSSR count). The quantitative estimate of drug-likeness (QED) is 0.470. The van der Waals surface area contributed by atoms with Crippen molar-refractivity contribution in [2.24, 2.45) is 5.92 Å². The van der Waals surface area contributed by atoms with E-state index in [1.54, 1.807) is 17.7 Å². The topological polar surface area (TPSA) is 0 Å². The minimum Gasteiger partial charge on any atom is -0.166 e. The SMILES string of the molecule is CCC/C=C/C1CCc2c(ccc3c2CCC(c2ccc(C(F)(F)F)cc2)C3)C1. The maximum atomic E-state index is 12.8. The molecule has 0 saturated carbocycles. The van der Waals surface area contributed by atoms with Crippen LogP contribution in [-0.4, -0.2) is 0 Å². The minimum atomic E-state index is -4.26. The van der Waals surface area contributed by atoms with Gasteiger partial charge in [0.2, 0.25) is 0 Å². The lowest BCUT2D eigenvalue weighted by Crippen LogP contribution is -2.20. The van der Waals surface area contributed by atoms with E-state index in [9.17, 15) is 13.2 Å². The fourth-order valence-corrected chi connectivity index (χ4v) is 5.04. The summed E-state index contributed by atoms with van der Waals surface area (Å²) >= 11 is 0. The summed E-state index contributed by atoms with van der Waals surface area (Å²) < 4.78 is 38.5. The van der Waals surface area contributed by atoms with Gasteiger partial charge in [-0.15, -0.1) is 0 Å². The normalized spacial score (nSPS) is 21.8. The van der Waals surface area contributed by atoms with Gasteiger partial charge in [0.15, 0.2) is 0 Å². The Bertz CT molecular complexity index is 874. The third-order valence-corrected chi connectivity index (χ3v) is 6.65. The lowest BCUT2D eigenvalue weighted by atomic mass is 9.73. The fraction of sp³-hybridized carbons (Fsp3) is 0.462. The number of halogens is 3. The van der Waals surface area contributed by atoms with Crippen molar-refractivity contribution in [3.63, 3.8) is 0 Å². The van der Waals surface area contributed by atoms with E-state index in [1.807, 2.05) is 0 Å². The molecule has 2 unspecified atom stereocenters. The average Bonchev–Trinajstić information content (AvgIpc) is 2.73. The van der Waals surface area contributed by atoms with Gasteiger partial charge in [-0.05, 0) is 96.7 Å². The van der Waals surface area contributed by atoms with Crippen LogP contribution in [0.5, 0.6) is 0 Å². The zero-order valence-corrected chi connectivity index (χ0v) is 17.1. The molecule has 0 spiro atoms. The number of hydrogen-bond acceptors (Lipinski definition) is 0. The van der Waals surface area contributed by atoms with Gasteiger partial charge in [0.25, 0.3) is 0 Å². The Morgan fingerprint density at radius 3 is 2.21 bits per heavy atom. The highest BCUT2D eigenvalue weighted by Crippen LogP contribution is 2.39. The van der Waals surface area contributed by atoms with E-state index in [-0.39, 0.29) is 0 Å². The smallest absolute Gasteiger partial charge is 0.166 e. The molecule has 2 aliphatic carbocycles. The molecule has 0 bridgehead atoms. The van der Waals surface area contributed by atoms with Crippen molar-refractivity contribution in [3.05, 3.63) is 81.9 Å². The largest absolute Gasteiger partial charge is 0.416 e. The molecule has 2 atom stereocenters. The molecular formula is C26H29F3. The van der Waals surface area contributed by atoms with Crippen molar-refractivity contribution < 1.29 is 13.2 Å². The van der Waals surface area contributed by atoms with Gasteiger partial charge in [-0.2, -0.15) is 13.2 Å². The Morgan fingerprint density at radius 2 is 1.55 bits per heavy atom. The van der Waals surface area contributed by atoms with Crippen LogP contribution in [0.25, 0.3) is 0 Å². The predicted octanol–water partition coefficient (Wildman–Crippen LogP) is 7.44. The van der Waals surface area contributed by atoms with Gasteiger partial charge >= 0.3 is 6.18 Å². The lowest BCUT2D eigenvalue weighted by molar-refractivity contribution is -0.137. The highest BCUT2D eigenvalue weighted by Gasteiger charge is 2.31. The Morgan fingerprint density at radius 1 is 0.897 bits per heavy atom. The predicted molar refractivity (Wildman–Crippen MR) is 112 cm³/mol. The Labute approximate surface area is 171 Å². The van der Waals surface area contributed by atoms with Crippen molar-refractivity contribution in [1.29, 1.82) is 0 Å². The van der Waals surface area contributed by atoms with Crippen LogP contribution in [0.1, 0.15) is 71.9 Å². The van der Waals surface area contributed by atoms with Gasteiger partial charge in [-0.1, -0.05) is 49.8 Å². The first-order chi connectivity index (χ1) is 14.0. The monoisotopic (exact) mass is 398 g/mol. The second-order valence-electron chi connectivity index (χ2n) is 8.62. The van der Waals surface area contributed by atoms with E-state index in [0.717, 1.165) is 37.7 Å². The first-order valence-electron chi connectivity index (χ1n) is 10.9. The number of unbranched alkanes of at least 4 members (excludes halogenated alkanes) is 1. The number of alkyl halides is 3. The molecule has 0 aliphatic heterocycles. The number of fused-ring (bicyclic) bond motifs is 3. The molecule has 2 aromatic carbocycles. The van der Waals surface area contributed by atoms with Crippen LogP contribution in [-0.2, 0) is 31.9 Å². The molecule has 3 heteroatoms. The van der Waals surface area contributed by atoms with E-state index in [0.29, 0.717) is 11.8 Å². The maximum absolute atomic E-state index is 12.8. The molecule has 0 aromatic heterocycles. The second-order valence-corrected chi connectivity index (χ2v) is 8.62. The standard InChI is InChI=1S/C26H29F3/c1-2-3-4-5-18-6-14-24-21(16-18)7-8-22-17-20(11-15-25(22)24)19-9-12-23(13-10-19)26(27,28)29/h4-5,7-10,12-13,18,20H,2-3,6,11,14-17H2,1H3/b5-4+. The van der Waals surface area contributed by atoms with E-state index < -0.39 is 11.7 Å². The third kappa shape index (κ3) is 4.44. The van der Waals surface area contributed by atoms with Crippen LogP contribution in [0.4, 0.5) is 13.2 Å². The van der Waals surface area contributed by atoms with E-state index >= 15 is 0 Å². The summed E-state index contributed by atoms with van der Waals surface area (Å²) in [4.78, 5) is 0. The average molecular weight is 399 g/mol. The summed E-state index contributed by atoms with van der Waals surface area (Å²) in [5.74, 6) is 0.978. The highest BCUT2D eigenvalue weighted by atomic mass is 19.4. The zero-order chi connectivity index (χ0) is 20.4. The van der Waals surface area contributed by atoms with Gasteiger partial charge in [-0.3, -0.25) is 0 Å². The Hall–Kier alpha value is -2.03. The van der Waals surface area contributed by atoms with Crippen LogP contribution in [0.3, 0.4) is 0 Å². The van der Waals surface area contributed by atoms with Gasteiger partial charge in [-0.25, -0.2) is 0 Å². The van der Waals surface area contributed by atoms with Crippen LogP contribution < -0.4 is 0 Å². The Kier molecular flexibility index (Phi) is 5.85. The van der Waals surface area contributed by atoms with E-state index in [2.05, 4.69) is 31.2 Å². The van der Waals surface area contributed by atoms with Crippen molar-refractivity contribution in [2.45, 2.75) is 70.4 Å². The summed E-state index contributed by atoms with van der Waals surface area (Å²) in [6.45, 7) is 2.21. The van der Waals surface area contributed by atoms with Gasteiger partial charge < -0.3 is 0 Å². The van der Waals surface area contributed by atoms with Crippen molar-refractivity contribution in [2.75, 3.05) is 0 Å². The van der Waals surface area contributed by atoms with Crippen molar-refractivity contribution >= 4 is 0 Å². The maximum Gasteiger partial charge on any atom is 0.416 e. The number of rotatable bonds is 4. The molecule has 2 aliphatic rings. The molecular weight excluding hydrogens is 369 g/mol. The Balaban J connectivity index is 1.49. The molecule has 154 valence electrons. The van der Waals surface area contributed by atoms with Crippen molar-refractivity contribution in [1.82, 2.24) is 0 Å². The molecule has 0 fully saturated rings. The van der Waals surface area contributed by atoms with Crippen LogP contribution in [0, 0.1) is 5.92 Å². The lowest BCUT2D eigenvalue weighted by Gasteiger charge is -2.31. The van der Waals surface area contributed by atoms with Crippen LogP contribution in [0.15, 0.2) is 48.6 Å². The van der Waals surface area contributed by atoms with Crippen LogP contribution in [0.2, 0.25) is 0 Å². The number of allylic oxidation sites excluding steroid dienone is 2. The van der Waals surface area contributed by atoms with E-state index in [1.165, 1.54) is 48.1 Å². The summed E-state index contributed by atoms with van der Waals surface area (Å²) in [7, 11) is 0.